The lowest BCUT2D eigenvalue weighted by Gasteiger charge is -1.95. The average molecular weight is 268 g/mol. The quantitative estimate of drug-likeness (QED) is 0.783. The zero-order valence-corrected chi connectivity index (χ0v) is 9.51. The number of thiophene rings is 1. The molecule has 14 heavy (non-hydrogen) atoms. The molecule has 4 heteroatoms. The van der Waals surface area contributed by atoms with Crippen LogP contribution < -0.4 is 0 Å². The van der Waals surface area contributed by atoms with Gasteiger partial charge in [0.25, 0.3) is 0 Å². The highest BCUT2D eigenvalue weighted by atomic mass is 79.9. The molecular weight excluding hydrogens is 262 g/mol. The van der Waals surface area contributed by atoms with Gasteiger partial charge in [-0.15, -0.1) is 11.3 Å². The molecular formula is C10H6BrNOS. The van der Waals surface area contributed by atoms with Crippen LogP contribution in [0.25, 0.3) is 0 Å². The van der Waals surface area contributed by atoms with Gasteiger partial charge in [0.1, 0.15) is 0 Å². The number of carbonyl (C=O) groups excluding carboxylic acids is 1. The summed E-state index contributed by atoms with van der Waals surface area (Å²) in [4.78, 5) is 16.4. The van der Waals surface area contributed by atoms with Crippen molar-refractivity contribution in [3.05, 3.63) is 50.9 Å². The van der Waals surface area contributed by atoms with Crippen LogP contribution in [0.1, 0.15) is 15.2 Å². The van der Waals surface area contributed by atoms with Crippen molar-refractivity contribution in [2.75, 3.05) is 0 Å². The second-order valence-corrected chi connectivity index (χ2v) is 4.53. The third-order valence-corrected chi connectivity index (χ3v) is 3.40. The minimum Gasteiger partial charge on any atom is -0.288 e. The van der Waals surface area contributed by atoms with E-state index in [2.05, 4.69) is 20.9 Å². The Bertz CT molecular complexity index is 452. The van der Waals surface area contributed by atoms with Gasteiger partial charge < -0.3 is 0 Å². The van der Waals surface area contributed by atoms with Gasteiger partial charge in [-0.25, -0.2) is 0 Å². The number of pyridine rings is 1. The van der Waals surface area contributed by atoms with Gasteiger partial charge in [0.15, 0.2) is 0 Å². The van der Waals surface area contributed by atoms with Crippen molar-refractivity contribution in [3.8, 4) is 0 Å². The van der Waals surface area contributed by atoms with Crippen LogP contribution in [0.3, 0.4) is 0 Å². The van der Waals surface area contributed by atoms with E-state index in [0.29, 0.717) is 5.56 Å². The summed E-state index contributed by atoms with van der Waals surface area (Å²) < 4.78 is 0.940. The molecule has 2 aromatic rings. The van der Waals surface area contributed by atoms with E-state index in [0.717, 1.165) is 9.35 Å². The van der Waals surface area contributed by atoms with E-state index < -0.39 is 0 Å². The number of hydrogen-bond donors (Lipinski definition) is 0. The van der Waals surface area contributed by atoms with E-state index in [1.54, 1.807) is 24.5 Å². The largest absolute Gasteiger partial charge is 0.288 e. The van der Waals surface area contributed by atoms with Gasteiger partial charge in [0, 0.05) is 27.8 Å². The molecule has 2 aromatic heterocycles. The summed E-state index contributed by atoms with van der Waals surface area (Å²) in [6.45, 7) is 0. The molecule has 0 aliphatic carbocycles. The lowest BCUT2D eigenvalue weighted by molar-refractivity contribution is 0.104. The molecule has 0 spiro atoms. The number of aromatic nitrogens is 1. The topological polar surface area (TPSA) is 30.0 Å². The summed E-state index contributed by atoms with van der Waals surface area (Å²) in [6, 6.07) is 5.35. The lowest BCUT2D eigenvalue weighted by atomic mass is 10.2. The fourth-order valence-corrected chi connectivity index (χ4v) is 2.46. The van der Waals surface area contributed by atoms with E-state index in [9.17, 15) is 4.79 Å². The zero-order chi connectivity index (χ0) is 9.97. The van der Waals surface area contributed by atoms with Crippen LogP contribution >= 0.6 is 27.3 Å². The Morgan fingerprint density at radius 2 is 2.36 bits per heavy atom. The lowest BCUT2D eigenvalue weighted by Crippen LogP contribution is -1.98. The number of carbonyl (C=O) groups is 1. The fraction of sp³-hybridized carbons (Fsp3) is 0. The standard InChI is InChI=1S/C10H6BrNOS/c11-8-4-9(14-6-8)10(13)7-2-1-3-12-5-7/h1-6H. The molecule has 0 aromatic carbocycles. The molecule has 0 amide bonds. The summed E-state index contributed by atoms with van der Waals surface area (Å²) >= 11 is 4.74. The molecule has 0 radical (unpaired) electrons. The molecule has 0 saturated heterocycles. The number of ketones is 1. The first kappa shape index (κ1) is 9.55. The molecule has 0 N–H and O–H groups in total. The molecule has 0 atom stereocenters. The minimum absolute atomic E-state index is 0.0220. The van der Waals surface area contributed by atoms with Gasteiger partial charge in [0.2, 0.25) is 5.78 Å². The zero-order valence-electron chi connectivity index (χ0n) is 7.11. The Kier molecular flexibility index (Phi) is 2.74. The Hall–Kier alpha value is -1.000. The molecule has 2 heterocycles. The van der Waals surface area contributed by atoms with Crippen LogP contribution in [0.5, 0.6) is 0 Å². The first-order valence-corrected chi connectivity index (χ1v) is 5.63. The minimum atomic E-state index is 0.0220. The predicted octanol–water partition coefficient (Wildman–Crippen LogP) is 3.14. The summed E-state index contributed by atoms with van der Waals surface area (Å²) in [5, 5.41) is 1.89. The van der Waals surface area contributed by atoms with Gasteiger partial charge in [-0.05, 0) is 34.1 Å². The molecule has 2 rings (SSSR count). The normalized spacial score (nSPS) is 10.1. The second-order valence-electron chi connectivity index (χ2n) is 2.70. The maximum absolute atomic E-state index is 11.8. The van der Waals surface area contributed by atoms with Crippen molar-refractivity contribution < 1.29 is 4.79 Å². The SMILES string of the molecule is O=C(c1cccnc1)c1cc(Br)cs1. The van der Waals surface area contributed by atoms with Crippen LogP contribution in [0.2, 0.25) is 0 Å². The van der Waals surface area contributed by atoms with Gasteiger partial charge in [-0.3, -0.25) is 9.78 Å². The Morgan fingerprint density at radius 1 is 1.50 bits per heavy atom. The Balaban J connectivity index is 2.34. The number of rotatable bonds is 2. The summed E-state index contributed by atoms with van der Waals surface area (Å²) in [6.07, 6.45) is 3.23. The maximum atomic E-state index is 11.8. The highest BCUT2D eigenvalue weighted by Gasteiger charge is 2.10. The molecule has 0 aliphatic rings. The van der Waals surface area contributed by atoms with Gasteiger partial charge >= 0.3 is 0 Å². The van der Waals surface area contributed by atoms with Crippen LogP contribution in [0, 0.1) is 0 Å². The van der Waals surface area contributed by atoms with Crippen molar-refractivity contribution >= 4 is 33.0 Å². The monoisotopic (exact) mass is 267 g/mol. The van der Waals surface area contributed by atoms with Gasteiger partial charge in [-0.1, -0.05) is 0 Å². The Labute approximate surface area is 93.7 Å². The maximum Gasteiger partial charge on any atom is 0.204 e. The van der Waals surface area contributed by atoms with Crippen LogP contribution in [-0.2, 0) is 0 Å². The first-order valence-electron chi connectivity index (χ1n) is 3.96. The highest BCUT2D eigenvalue weighted by molar-refractivity contribution is 9.10. The second kappa shape index (κ2) is 4.02. The van der Waals surface area contributed by atoms with E-state index in [4.69, 9.17) is 0 Å². The third kappa shape index (κ3) is 1.91. The van der Waals surface area contributed by atoms with E-state index >= 15 is 0 Å². The molecule has 0 saturated carbocycles. The molecule has 0 bridgehead atoms. The molecule has 0 unspecified atom stereocenters. The van der Waals surface area contributed by atoms with Crippen molar-refractivity contribution in [1.29, 1.82) is 0 Å². The van der Waals surface area contributed by atoms with Crippen LogP contribution in [-0.4, -0.2) is 10.8 Å². The average Bonchev–Trinajstić information content (AvgIpc) is 2.65. The highest BCUT2D eigenvalue weighted by Crippen LogP contribution is 2.22. The predicted molar refractivity (Wildman–Crippen MR) is 59.7 cm³/mol. The smallest absolute Gasteiger partial charge is 0.204 e. The van der Waals surface area contributed by atoms with Gasteiger partial charge in [-0.2, -0.15) is 0 Å². The van der Waals surface area contributed by atoms with E-state index in [1.165, 1.54) is 11.3 Å². The first-order chi connectivity index (χ1) is 6.77. The Morgan fingerprint density at radius 3 is 2.93 bits per heavy atom. The molecule has 0 fully saturated rings. The molecule has 70 valence electrons. The summed E-state index contributed by atoms with van der Waals surface area (Å²) in [7, 11) is 0. The number of nitrogens with zero attached hydrogens (tertiary/aromatic N) is 1. The summed E-state index contributed by atoms with van der Waals surface area (Å²) in [5.41, 5.74) is 0.627. The molecule has 0 aliphatic heterocycles. The summed E-state index contributed by atoms with van der Waals surface area (Å²) in [5.74, 6) is 0.0220. The van der Waals surface area contributed by atoms with Crippen LogP contribution in [0.4, 0.5) is 0 Å². The van der Waals surface area contributed by atoms with Crippen molar-refractivity contribution in [2.24, 2.45) is 0 Å². The van der Waals surface area contributed by atoms with E-state index in [-0.39, 0.29) is 5.78 Å². The van der Waals surface area contributed by atoms with Gasteiger partial charge in [0.05, 0.1) is 4.88 Å². The van der Waals surface area contributed by atoms with Crippen molar-refractivity contribution in [3.63, 3.8) is 0 Å². The third-order valence-electron chi connectivity index (χ3n) is 1.71. The number of halogens is 1. The van der Waals surface area contributed by atoms with E-state index in [1.807, 2.05) is 11.4 Å². The van der Waals surface area contributed by atoms with Crippen molar-refractivity contribution in [2.45, 2.75) is 0 Å². The fourth-order valence-electron chi connectivity index (χ4n) is 1.07. The number of hydrogen-bond acceptors (Lipinski definition) is 3. The molecule has 2 nitrogen and oxygen atoms in total. The van der Waals surface area contributed by atoms with Crippen LogP contribution in [0.15, 0.2) is 40.4 Å². The van der Waals surface area contributed by atoms with Crippen molar-refractivity contribution in [1.82, 2.24) is 4.98 Å².